The summed E-state index contributed by atoms with van der Waals surface area (Å²) in [5.74, 6) is 2.16. The maximum Gasteiger partial charge on any atom is 0.225 e. The summed E-state index contributed by atoms with van der Waals surface area (Å²) in [7, 11) is 0. The number of hydrogen-bond donors (Lipinski definition) is 0. The van der Waals surface area contributed by atoms with Crippen LogP contribution in [0.3, 0.4) is 0 Å². The number of halogens is 1. The number of aromatic nitrogens is 3. The van der Waals surface area contributed by atoms with Crippen LogP contribution in [0.5, 0.6) is 0 Å². The van der Waals surface area contributed by atoms with Gasteiger partial charge in [0.2, 0.25) is 5.28 Å². The fourth-order valence-corrected chi connectivity index (χ4v) is 1.69. The van der Waals surface area contributed by atoms with E-state index in [0.717, 1.165) is 12.4 Å². The molecular formula is C12H22ClN3. The van der Waals surface area contributed by atoms with E-state index in [4.69, 9.17) is 11.6 Å². The first-order valence-corrected chi connectivity index (χ1v) is 6.20. The van der Waals surface area contributed by atoms with E-state index in [-0.39, 0.29) is 5.41 Å². The molecule has 1 atom stereocenters. The van der Waals surface area contributed by atoms with E-state index in [2.05, 4.69) is 51.7 Å². The minimum Gasteiger partial charge on any atom is -0.301 e. The van der Waals surface area contributed by atoms with E-state index >= 15 is 0 Å². The fourth-order valence-electron chi connectivity index (χ4n) is 1.50. The highest BCUT2D eigenvalue weighted by Crippen LogP contribution is 2.25. The standard InChI is InChI=1S/C12H22ClN3/c1-8(2)9(3)7-16-10(12(4,5)6)14-15-11(16)13/h8-9H,7H2,1-6H3. The molecule has 0 spiro atoms. The van der Waals surface area contributed by atoms with Crippen LogP contribution in [0.25, 0.3) is 0 Å². The van der Waals surface area contributed by atoms with Crippen LogP contribution in [0.4, 0.5) is 0 Å². The Morgan fingerprint density at radius 2 is 1.75 bits per heavy atom. The van der Waals surface area contributed by atoms with Gasteiger partial charge in [0, 0.05) is 12.0 Å². The third-order valence-corrected chi connectivity index (χ3v) is 3.26. The zero-order chi connectivity index (χ0) is 12.5. The molecule has 0 saturated carbocycles. The van der Waals surface area contributed by atoms with Crippen molar-refractivity contribution in [2.24, 2.45) is 11.8 Å². The molecule has 16 heavy (non-hydrogen) atoms. The van der Waals surface area contributed by atoms with E-state index in [1.165, 1.54) is 0 Å². The summed E-state index contributed by atoms with van der Waals surface area (Å²) in [6.45, 7) is 13.9. The van der Waals surface area contributed by atoms with Crippen molar-refractivity contribution in [1.82, 2.24) is 14.8 Å². The lowest BCUT2D eigenvalue weighted by Gasteiger charge is -2.22. The van der Waals surface area contributed by atoms with Crippen molar-refractivity contribution >= 4 is 11.6 Å². The van der Waals surface area contributed by atoms with Crippen LogP contribution in [-0.2, 0) is 12.0 Å². The first kappa shape index (κ1) is 13.5. The van der Waals surface area contributed by atoms with Gasteiger partial charge in [0.05, 0.1) is 0 Å². The van der Waals surface area contributed by atoms with Crippen molar-refractivity contribution in [2.45, 2.75) is 53.5 Å². The van der Waals surface area contributed by atoms with Crippen molar-refractivity contribution in [3.63, 3.8) is 0 Å². The third kappa shape index (κ3) is 2.97. The van der Waals surface area contributed by atoms with Gasteiger partial charge >= 0.3 is 0 Å². The van der Waals surface area contributed by atoms with Crippen molar-refractivity contribution in [3.05, 3.63) is 11.1 Å². The largest absolute Gasteiger partial charge is 0.301 e. The predicted molar refractivity (Wildman–Crippen MR) is 67.7 cm³/mol. The molecule has 3 nitrogen and oxygen atoms in total. The van der Waals surface area contributed by atoms with Crippen LogP contribution in [0.2, 0.25) is 5.28 Å². The highest BCUT2D eigenvalue weighted by molar-refractivity contribution is 6.28. The van der Waals surface area contributed by atoms with Gasteiger partial charge in [0.1, 0.15) is 5.82 Å². The normalized spacial score (nSPS) is 14.5. The summed E-state index contributed by atoms with van der Waals surface area (Å²) >= 11 is 6.09. The lowest BCUT2D eigenvalue weighted by Crippen LogP contribution is -2.22. The fraction of sp³-hybridized carbons (Fsp3) is 0.833. The quantitative estimate of drug-likeness (QED) is 0.813. The Balaban J connectivity index is 2.99. The molecule has 0 bridgehead atoms. The highest BCUT2D eigenvalue weighted by atomic mass is 35.5. The first-order chi connectivity index (χ1) is 7.23. The molecule has 1 unspecified atom stereocenters. The summed E-state index contributed by atoms with van der Waals surface area (Å²) < 4.78 is 2.03. The SMILES string of the molecule is CC(C)C(C)Cn1c(Cl)nnc1C(C)(C)C. The third-order valence-electron chi connectivity index (χ3n) is 2.99. The lowest BCUT2D eigenvalue weighted by atomic mass is 9.94. The Morgan fingerprint density at radius 3 is 2.19 bits per heavy atom. The average Bonchev–Trinajstić information content (AvgIpc) is 2.47. The summed E-state index contributed by atoms with van der Waals surface area (Å²) in [5.41, 5.74) is -0.0170. The Hall–Kier alpha value is -0.570. The van der Waals surface area contributed by atoms with Crippen molar-refractivity contribution < 1.29 is 0 Å². The molecule has 1 rings (SSSR count). The van der Waals surface area contributed by atoms with Crippen LogP contribution < -0.4 is 0 Å². The summed E-state index contributed by atoms with van der Waals surface area (Å²) in [6.07, 6.45) is 0. The Bertz CT molecular complexity index is 350. The van der Waals surface area contributed by atoms with Crippen LogP contribution >= 0.6 is 11.6 Å². The molecule has 0 aliphatic heterocycles. The van der Waals surface area contributed by atoms with Crippen LogP contribution in [0, 0.1) is 11.8 Å². The molecule has 1 heterocycles. The van der Waals surface area contributed by atoms with Crippen LogP contribution in [0.15, 0.2) is 0 Å². The molecule has 1 aromatic rings. The number of hydrogen-bond acceptors (Lipinski definition) is 2. The molecule has 0 N–H and O–H groups in total. The van der Waals surface area contributed by atoms with E-state index in [0.29, 0.717) is 17.1 Å². The average molecular weight is 244 g/mol. The van der Waals surface area contributed by atoms with Gasteiger partial charge in [-0.05, 0) is 23.4 Å². The van der Waals surface area contributed by atoms with Crippen LogP contribution in [0.1, 0.15) is 47.4 Å². The van der Waals surface area contributed by atoms with E-state index in [1.54, 1.807) is 0 Å². The second kappa shape index (κ2) is 4.74. The van der Waals surface area contributed by atoms with Gasteiger partial charge in [-0.1, -0.05) is 41.5 Å². The Labute approximate surface area is 103 Å². The van der Waals surface area contributed by atoms with Gasteiger partial charge in [0.25, 0.3) is 0 Å². The molecule has 0 radical (unpaired) electrons. The van der Waals surface area contributed by atoms with Crippen molar-refractivity contribution in [1.29, 1.82) is 0 Å². The van der Waals surface area contributed by atoms with Crippen molar-refractivity contribution in [2.75, 3.05) is 0 Å². The van der Waals surface area contributed by atoms with Gasteiger partial charge in [-0.15, -0.1) is 10.2 Å². The number of rotatable bonds is 3. The van der Waals surface area contributed by atoms with Crippen molar-refractivity contribution in [3.8, 4) is 0 Å². The summed E-state index contributed by atoms with van der Waals surface area (Å²) in [5, 5.41) is 8.65. The zero-order valence-corrected chi connectivity index (χ0v) is 11.8. The first-order valence-electron chi connectivity index (χ1n) is 5.82. The molecule has 0 saturated heterocycles. The summed E-state index contributed by atoms with van der Waals surface area (Å²) in [4.78, 5) is 0. The zero-order valence-electron chi connectivity index (χ0n) is 11.1. The topological polar surface area (TPSA) is 30.7 Å². The Kier molecular flexibility index (Phi) is 4.00. The maximum absolute atomic E-state index is 6.09. The van der Waals surface area contributed by atoms with Gasteiger partial charge in [-0.3, -0.25) is 0 Å². The van der Waals surface area contributed by atoms with Gasteiger partial charge in [-0.25, -0.2) is 0 Å². The number of nitrogens with zero attached hydrogens (tertiary/aromatic N) is 3. The van der Waals surface area contributed by atoms with E-state index in [1.807, 2.05) is 4.57 Å². The van der Waals surface area contributed by atoms with E-state index in [9.17, 15) is 0 Å². The molecule has 0 aromatic carbocycles. The summed E-state index contributed by atoms with van der Waals surface area (Å²) in [6, 6.07) is 0. The van der Waals surface area contributed by atoms with Gasteiger partial charge < -0.3 is 4.57 Å². The molecule has 4 heteroatoms. The molecular weight excluding hydrogens is 222 g/mol. The predicted octanol–water partition coefficient (Wildman–Crippen LogP) is 3.52. The highest BCUT2D eigenvalue weighted by Gasteiger charge is 2.24. The maximum atomic E-state index is 6.09. The molecule has 0 aliphatic carbocycles. The lowest BCUT2D eigenvalue weighted by molar-refractivity contribution is 0.349. The van der Waals surface area contributed by atoms with E-state index < -0.39 is 0 Å². The minimum atomic E-state index is -0.0170. The van der Waals surface area contributed by atoms with Gasteiger partial charge in [-0.2, -0.15) is 0 Å². The molecule has 92 valence electrons. The molecule has 0 aliphatic rings. The monoisotopic (exact) mass is 243 g/mol. The Morgan fingerprint density at radius 1 is 1.19 bits per heavy atom. The minimum absolute atomic E-state index is 0.0170. The smallest absolute Gasteiger partial charge is 0.225 e. The molecule has 0 fully saturated rings. The van der Waals surface area contributed by atoms with Gasteiger partial charge in [0.15, 0.2) is 0 Å². The molecule has 1 aromatic heterocycles. The second-order valence-corrected chi connectivity index (χ2v) is 6.21. The molecule has 0 amide bonds. The second-order valence-electron chi connectivity index (χ2n) is 5.87. The van der Waals surface area contributed by atoms with Crippen LogP contribution in [-0.4, -0.2) is 14.8 Å².